The second kappa shape index (κ2) is 9.78. The topological polar surface area (TPSA) is 12.0 Å². The van der Waals surface area contributed by atoms with Gasteiger partial charge in [-0.3, -0.25) is 0 Å². The average molecular weight is 530 g/mol. The van der Waals surface area contributed by atoms with Crippen LogP contribution in [-0.2, 0) is 5.41 Å². The van der Waals surface area contributed by atoms with Gasteiger partial charge < -0.3 is 5.32 Å². The first kappa shape index (κ1) is 25.4. The Morgan fingerprint density at radius 1 is 0.512 bits per heavy atom. The zero-order chi connectivity index (χ0) is 28.1. The third-order valence-electron chi connectivity index (χ3n) is 8.51. The lowest BCUT2D eigenvalue weighted by Gasteiger charge is -2.23. The summed E-state index contributed by atoms with van der Waals surface area (Å²) in [5, 5.41) is 11.3. The number of fused-ring (bicyclic) bond motifs is 3. The van der Waals surface area contributed by atoms with Gasteiger partial charge in [-0.05, 0) is 84.1 Å². The van der Waals surface area contributed by atoms with Crippen LogP contribution in [0.15, 0.2) is 127 Å². The van der Waals surface area contributed by atoms with Crippen molar-refractivity contribution in [1.82, 2.24) is 5.32 Å². The molecule has 1 nitrogen and oxygen atoms in total. The second-order valence-electron chi connectivity index (χ2n) is 12.3. The van der Waals surface area contributed by atoms with Crippen molar-refractivity contribution in [2.45, 2.75) is 33.1 Å². The highest BCUT2D eigenvalue weighted by Crippen LogP contribution is 2.46. The van der Waals surface area contributed by atoms with Gasteiger partial charge in [0, 0.05) is 12.2 Å². The number of dihydropyridines is 1. The van der Waals surface area contributed by atoms with Crippen molar-refractivity contribution >= 4 is 38.0 Å². The molecule has 0 spiro atoms. The summed E-state index contributed by atoms with van der Waals surface area (Å²) in [4.78, 5) is 0. The van der Waals surface area contributed by atoms with Gasteiger partial charge in [0.05, 0.1) is 0 Å². The Bertz CT molecular complexity index is 1960. The van der Waals surface area contributed by atoms with E-state index in [9.17, 15) is 0 Å². The first-order valence-corrected chi connectivity index (χ1v) is 14.6. The van der Waals surface area contributed by atoms with E-state index in [1.807, 2.05) is 0 Å². The Balaban J connectivity index is 1.50. The predicted molar refractivity (Wildman–Crippen MR) is 178 cm³/mol. The lowest BCUT2D eigenvalue weighted by molar-refractivity contribution is 0.596. The number of hydrogen-bond acceptors (Lipinski definition) is 1. The molecule has 0 bridgehead atoms. The van der Waals surface area contributed by atoms with Gasteiger partial charge in [-0.1, -0.05) is 142 Å². The van der Waals surface area contributed by atoms with Gasteiger partial charge in [0.1, 0.15) is 0 Å². The molecule has 1 aliphatic rings. The minimum atomic E-state index is 0.0661. The molecular formula is C40H35N. The molecule has 6 aromatic carbocycles. The summed E-state index contributed by atoms with van der Waals surface area (Å²) in [5.74, 6) is 0. The van der Waals surface area contributed by atoms with Crippen LogP contribution < -0.4 is 5.32 Å². The van der Waals surface area contributed by atoms with Gasteiger partial charge in [-0.25, -0.2) is 0 Å². The second-order valence-corrected chi connectivity index (χ2v) is 12.3. The minimum absolute atomic E-state index is 0.0661. The third-order valence-corrected chi connectivity index (χ3v) is 8.51. The van der Waals surface area contributed by atoms with Crippen LogP contribution in [0.25, 0.3) is 60.3 Å². The Morgan fingerprint density at radius 2 is 1.05 bits per heavy atom. The van der Waals surface area contributed by atoms with E-state index in [2.05, 4.69) is 154 Å². The maximum Gasteiger partial charge on any atom is 0.0416 e. The van der Waals surface area contributed by atoms with Crippen LogP contribution in [0.3, 0.4) is 0 Å². The van der Waals surface area contributed by atoms with Crippen molar-refractivity contribution in [3.05, 3.63) is 138 Å². The Hall–Kier alpha value is -4.62. The minimum Gasteiger partial charge on any atom is -0.381 e. The molecule has 6 aromatic rings. The monoisotopic (exact) mass is 529 g/mol. The molecule has 0 fully saturated rings. The van der Waals surface area contributed by atoms with E-state index in [4.69, 9.17) is 0 Å². The summed E-state index contributed by atoms with van der Waals surface area (Å²) in [6.45, 7) is 9.97. The summed E-state index contributed by atoms with van der Waals surface area (Å²) in [6, 6.07) is 40.6. The highest BCUT2D eigenvalue weighted by atomic mass is 14.9. The highest BCUT2D eigenvalue weighted by molar-refractivity contribution is 6.23. The van der Waals surface area contributed by atoms with Gasteiger partial charge in [-0.2, -0.15) is 0 Å². The molecule has 0 atom stereocenters. The van der Waals surface area contributed by atoms with Crippen molar-refractivity contribution in [2.24, 2.45) is 0 Å². The fourth-order valence-corrected chi connectivity index (χ4v) is 6.50. The highest BCUT2D eigenvalue weighted by Gasteiger charge is 2.21. The predicted octanol–water partition coefficient (Wildman–Crippen LogP) is 10.7. The summed E-state index contributed by atoms with van der Waals surface area (Å²) >= 11 is 0. The van der Waals surface area contributed by atoms with Gasteiger partial charge in [0.2, 0.25) is 0 Å². The molecule has 200 valence electrons. The zero-order valence-electron chi connectivity index (χ0n) is 24.3. The summed E-state index contributed by atoms with van der Waals surface area (Å²) in [6.07, 6.45) is 4.39. The number of rotatable bonds is 3. The van der Waals surface area contributed by atoms with Crippen molar-refractivity contribution in [1.29, 1.82) is 0 Å². The summed E-state index contributed by atoms with van der Waals surface area (Å²) < 4.78 is 0. The first-order chi connectivity index (χ1) is 19.9. The first-order valence-electron chi connectivity index (χ1n) is 14.6. The maximum absolute atomic E-state index is 3.55. The summed E-state index contributed by atoms with van der Waals surface area (Å²) in [7, 11) is 0. The number of nitrogens with one attached hydrogen (secondary N) is 1. The lowest BCUT2D eigenvalue weighted by atomic mass is 9.81. The number of allylic oxidation sites excluding steroid dienone is 2. The van der Waals surface area contributed by atoms with E-state index in [1.165, 1.54) is 77.0 Å². The molecule has 0 radical (unpaired) electrons. The van der Waals surface area contributed by atoms with Crippen LogP contribution in [0.1, 0.15) is 38.8 Å². The van der Waals surface area contributed by atoms with Crippen LogP contribution >= 0.6 is 0 Å². The van der Waals surface area contributed by atoms with Crippen molar-refractivity contribution in [3.8, 4) is 22.3 Å². The van der Waals surface area contributed by atoms with Gasteiger partial charge in [0.25, 0.3) is 0 Å². The third kappa shape index (κ3) is 4.33. The Labute approximate surface area is 242 Å². The molecule has 1 N–H and O–H groups in total. The van der Waals surface area contributed by atoms with Gasteiger partial charge in [0.15, 0.2) is 0 Å². The van der Waals surface area contributed by atoms with E-state index in [0.29, 0.717) is 0 Å². The maximum atomic E-state index is 3.55. The van der Waals surface area contributed by atoms with E-state index >= 15 is 0 Å². The van der Waals surface area contributed by atoms with Crippen LogP contribution in [0, 0.1) is 0 Å². The van der Waals surface area contributed by atoms with Crippen LogP contribution in [0.4, 0.5) is 0 Å². The van der Waals surface area contributed by atoms with Gasteiger partial charge >= 0.3 is 0 Å². The van der Waals surface area contributed by atoms with Crippen molar-refractivity contribution in [2.75, 3.05) is 6.54 Å². The lowest BCUT2D eigenvalue weighted by Crippen LogP contribution is -2.17. The molecule has 0 aliphatic carbocycles. The molecule has 1 heterocycles. The molecule has 7 rings (SSSR count). The molecule has 0 saturated carbocycles. The molecule has 0 saturated heterocycles. The molecule has 0 aromatic heterocycles. The van der Waals surface area contributed by atoms with E-state index in [0.717, 1.165) is 6.54 Å². The molecule has 1 aliphatic heterocycles. The average Bonchev–Trinajstić information content (AvgIpc) is 2.99. The van der Waals surface area contributed by atoms with Gasteiger partial charge in [-0.15, -0.1) is 0 Å². The zero-order valence-corrected chi connectivity index (χ0v) is 24.3. The van der Waals surface area contributed by atoms with Crippen LogP contribution in [-0.4, -0.2) is 6.54 Å². The Morgan fingerprint density at radius 3 is 1.63 bits per heavy atom. The number of hydrogen-bond donors (Lipinski definition) is 1. The quantitative estimate of drug-likeness (QED) is 0.225. The van der Waals surface area contributed by atoms with E-state index in [-0.39, 0.29) is 5.41 Å². The van der Waals surface area contributed by atoms with Crippen molar-refractivity contribution < 1.29 is 0 Å². The standard InChI is InChI=1S/C40H35N/c1-26-19-24-37(41-25-26)27-20-22-28(23-21-27)38-32-11-5-7-13-34(32)39(35-14-8-6-12-33(35)38)31-17-9-16-30-29(31)15-10-18-36(30)40(2,3)4/h5-24,41H,25H2,1-4H3. The fraction of sp³-hybridized carbons (Fsp3) is 0.150. The van der Waals surface area contributed by atoms with E-state index < -0.39 is 0 Å². The normalized spacial score (nSPS) is 13.8. The SMILES string of the molecule is CC1=CC=C(c2ccc(-c3c4ccccc4c(-c4cccc5c(C(C)(C)C)cccc45)c4ccccc34)cc2)NC1. The molecule has 0 unspecified atom stereocenters. The number of benzene rings is 6. The fourth-order valence-electron chi connectivity index (χ4n) is 6.50. The van der Waals surface area contributed by atoms with Crippen LogP contribution in [0.5, 0.6) is 0 Å². The molecule has 41 heavy (non-hydrogen) atoms. The molecule has 0 amide bonds. The summed E-state index contributed by atoms with van der Waals surface area (Å²) in [5.41, 5.74) is 10.3. The Kier molecular flexibility index (Phi) is 6.05. The largest absolute Gasteiger partial charge is 0.381 e. The van der Waals surface area contributed by atoms with E-state index in [1.54, 1.807) is 0 Å². The van der Waals surface area contributed by atoms with Crippen molar-refractivity contribution in [3.63, 3.8) is 0 Å². The smallest absolute Gasteiger partial charge is 0.0416 e. The van der Waals surface area contributed by atoms with Crippen LogP contribution in [0.2, 0.25) is 0 Å². The molecular weight excluding hydrogens is 494 g/mol. The molecule has 1 heteroatoms.